The van der Waals surface area contributed by atoms with Crippen molar-refractivity contribution < 1.29 is 9.84 Å². The van der Waals surface area contributed by atoms with Crippen LogP contribution in [0.4, 0.5) is 0 Å². The summed E-state index contributed by atoms with van der Waals surface area (Å²) >= 11 is 0. The highest BCUT2D eigenvalue weighted by Gasteiger charge is 2.13. The largest absolute Gasteiger partial charge is 0.395 e. The van der Waals surface area contributed by atoms with Gasteiger partial charge in [-0.2, -0.15) is 0 Å². The molecule has 0 radical (unpaired) electrons. The van der Waals surface area contributed by atoms with Crippen molar-refractivity contribution in [3.8, 4) is 0 Å². The maximum atomic E-state index is 8.62. The predicted molar refractivity (Wildman–Crippen MR) is 40.7 cm³/mol. The van der Waals surface area contributed by atoms with Crippen molar-refractivity contribution in [3.05, 3.63) is 12.7 Å². The summed E-state index contributed by atoms with van der Waals surface area (Å²) in [6, 6.07) is -0.303. The Morgan fingerprint density at radius 3 is 2.70 bits per heavy atom. The summed E-state index contributed by atoms with van der Waals surface area (Å²) in [5, 5.41) is 8.62. The molecule has 0 aromatic carbocycles. The highest BCUT2D eigenvalue weighted by Crippen LogP contribution is 2.00. The van der Waals surface area contributed by atoms with Gasteiger partial charge in [0.2, 0.25) is 0 Å². The maximum Gasteiger partial charge on any atom is 0.0778 e. The third-order valence-electron chi connectivity index (χ3n) is 1.39. The smallest absolute Gasteiger partial charge is 0.0778 e. The second kappa shape index (κ2) is 5.41. The van der Waals surface area contributed by atoms with Crippen LogP contribution in [0.15, 0.2) is 12.7 Å². The number of hydrogen-bond donors (Lipinski definition) is 2. The van der Waals surface area contributed by atoms with E-state index in [1.165, 1.54) is 0 Å². The van der Waals surface area contributed by atoms with E-state index in [4.69, 9.17) is 15.6 Å². The van der Waals surface area contributed by atoms with Crippen LogP contribution in [0.5, 0.6) is 0 Å². The molecule has 3 nitrogen and oxygen atoms in total. The molecule has 2 atom stereocenters. The fourth-order valence-corrected chi connectivity index (χ4v) is 0.728. The van der Waals surface area contributed by atoms with Gasteiger partial charge in [-0.25, -0.2) is 0 Å². The Balaban J connectivity index is 3.67. The van der Waals surface area contributed by atoms with Gasteiger partial charge in [0.1, 0.15) is 0 Å². The lowest BCUT2D eigenvalue weighted by molar-refractivity contribution is 0.0618. The second-order valence-corrected chi connectivity index (χ2v) is 2.14. The molecule has 0 heterocycles. The Bertz CT molecular complexity index is 95.6. The molecular weight excluding hydrogens is 130 g/mol. The van der Waals surface area contributed by atoms with Crippen molar-refractivity contribution in [2.45, 2.75) is 18.6 Å². The summed E-state index contributed by atoms with van der Waals surface area (Å²) in [4.78, 5) is 0. The Hall–Kier alpha value is -0.380. The summed E-state index contributed by atoms with van der Waals surface area (Å²) < 4.78 is 4.99. The minimum Gasteiger partial charge on any atom is -0.395 e. The van der Waals surface area contributed by atoms with Crippen LogP contribution in [-0.4, -0.2) is 31.0 Å². The number of aliphatic hydroxyl groups excluding tert-OH is 1. The first-order chi connectivity index (χ1) is 4.76. The molecule has 60 valence electrons. The minimum atomic E-state index is -0.303. The van der Waals surface area contributed by atoms with Crippen LogP contribution in [0, 0.1) is 0 Å². The fraction of sp³-hybridized carbons (Fsp3) is 0.714. The zero-order valence-electron chi connectivity index (χ0n) is 6.29. The van der Waals surface area contributed by atoms with Gasteiger partial charge in [-0.05, 0) is 6.42 Å². The number of methoxy groups -OCH3 is 1. The van der Waals surface area contributed by atoms with Crippen molar-refractivity contribution >= 4 is 0 Å². The third-order valence-corrected chi connectivity index (χ3v) is 1.39. The maximum absolute atomic E-state index is 8.62. The highest BCUT2D eigenvalue weighted by atomic mass is 16.5. The van der Waals surface area contributed by atoms with Crippen LogP contribution in [-0.2, 0) is 4.74 Å². The van der Waals surface area contributed by atoms with Crippen molar-refractivity contribution in [1.29, 1.82) is 0 Å². The van der Waals surface area contributed by atoms with E-state index in [0.29, 0.717) is 6.42 Å². The first-order valence-corrected chi connectivity index (χ1v) is 3.26. The van der Waals surface area contributed by atoms with E-state index < -0.39 is 0 Å². The molecule has 0 aliphatic rings. The van der Waals surface area contributed by atoms with Gasteiger partial charge in [-0.15, -0.1) is 6.58 Å². The van der Waals surface area contributed by atoms with Crippen LogP contribution in [0.1, 0.15) is 6.42 Å². The number of ether oxygens (including phenoxy) is 1. The molecule has 0 spiro atoms. The normalized spacial score (nSPS) is 16.3. The number of rotatable bonds is 5. The summed E-state index contributed by atoms with van der Waals surface area (Å²) in [6.07, 6.45) is 2.30. The van der Waals surface area contributed by atoms with Crippen LogP contribution in [0.25, 0.3) is 0 Å². The van der Waals surface area contributed by atoms with Gasteiger partial charge in [0, 0.05) is 7.11 Å². The minimum absolute atomic E-state index is 0.0493. The topological polar surface area (TPSA) is 55.5 Å². The molecule has 0 aliphatic carbocycles. The molecule has 3 N–H and O–H groups in total. The average Bonchev–Trinajstić information content (AvgIpc) is 1.99. The lowest BCUT2D eigenvalue weighted by atomic mass is 10.1. The quantitative estimate of drug-likeness (QED) is 0.531. The first kappa shape index (κ1) is 9.62. The molecule has 0 fully saturated rings. The van der Waals surface area contributed by atoms with Gasteiger partial charge in [0.25, 0.3) is 0 Å². The molecule has 0 aliphatic heterocycles. The highest BCUT2D eigenvalue weighted by molar-refractivity contribution is 4.80. The molecule has 0 amide bonds. The average molecular weight is 145 g/mol. The van der Waals surface area contributed by atoms with Gasteiger partial charge in [0.15, 0.2) is 0 Å². The number of nitrogens with two attached hydrogens (primary N) is 1. The van der Waals surface area contributed by atoms with E-state index in [9.17, 15) is 0 Å². The van der Waals surface area contributed by atoms with Crippen molar-refractivity contribution in [1.82, 2.24) is 0 Å². The Kier molecular flexibility index (Phi) is 5.20. The molecule has 0 unspecified atom stereocenters. The molecule has 0 bridgehead atoms. The predicted octanol–water partition coefficient (Wildman–Crippen LogP) is -0.103. The number of aliphatic hydroxyl groups is 1. The lowest BCUT2D eigenvalue weighted by Gasteiger charge is -2.18. The molecular formula is C7H15NO2. The van der Waals surface area contributed by atoms with Gasteiger partial charge in [0.05, 0.1) is 18.8 Å². The SMILES string of the molecule is C=CC[C@H](OC)[C@H](N)CO. The van der Waals surface area contributed by atoms with Gasteiger partial charge in [-0.1, -0.05) is 6.08 Å². The summed E-state index contributed by atoms with van der Waals surface area (Å²) in [7, 11) is 1.57. The summed E-state index contributed by atoms with van der Waals surface area (Å²) in [5.74, 6) is 0. The van der Waals surface area contributed by atoms with E-state index >= 15 is 0 Å². The zero-order valence-corrected chi connectivity index (χ0v) is 6.29. The van der Waals surface area contributed by atoms with Crippen LogP contribution < -0.4 is 5.73 Å². The van der Waals surface area contributed by atoms with Gasteiger partial charge >= 0.3 is 0 Å². The van der Waals surface area contributed by atoms with Crippen molar-refractivity contribution in [2.75, 3.05) is 13.7 Å². The second-order valence-electron chi connectivity index (χ2n) is 2.14. The molecule has 0 aromatic heterocycles. The van der Waals surface area contributed by atoms with Gasteiger partial charge in [-0.3, -0.25) is 0 Å². The van der Waals surface area contributed by atoms with Crippen LogP contribution >= 0.6 is 0 Å². The molecule has 0 aromatic rings. The molecule has 0 saturated carbocycles. The van der Waals surface area contributed by atoms with Crippen LogP contribution in [0.2, 0.25) is 0 Å². The monoisotopic (exact) mass is 145 g/mol. The molecule has 3 heteroatoms. The summed E-state index contributed by atoms with van der Waals surface area (Å²) in [5.41, 5.74) is 5.49. The molecule has 0 saturated heterocycles. The fourth-order valence-electron chi connectivity index (χ4n) is 0.728. The third kappa shape index (κ3) is 2.96. The Morgan fingerprint density at radius 2 is 2.40 bits per heavy atom. The lowest BCUT2D eigenvalue weighted by Crippen LogP contribution is -2.38. The van der Waals surface area contributed by atoms with E-state index in [2.05, 4.69) is 6.58 Å². The zero-order chi connectivity index (χ0) is 7.98. The van der Waals surface area contributed by atoms with E-state index in [1.54, 1.807) is 13.2 Å². The van der Waals surface area contributed by atoms with Gasteiger partial charge < -0.3 is 15.6 Å². The Morgan fingerprint density at radius 1 is 1.80 bits per heavy atom. The van der Waals surface area contributed by atoms with Crippen molar-refractivity contribution in [3.63, 3.8) is 0 Å². The Labute approximate surface area is 61.5 Å². The standard InChI is InChI=1S/C7H15NO2/c1-3-4-7(10-2)6(8)5-9/h3,6-7,9H,1,4-5,8H2,2H3/t6-,7+/m1/s1. The van der Waals surface area contributed by atoms with E-state index in [1.807, 2.05) is 0 Å². The van der Waals surface area contributed by atoms with Crippen LogP contribution in [0.3, 0.4) is 0 Å². The molecule has 10 heavy (non-hydrogen) atoms. The molecule has 0 rings (SSSR count). The summed E-state index contributed by atoms with van der Waals surface area (Å²) in [6.45, 7) is 3.50. The first-order valence-electron chi connectivity index (χ1n) is 3.26. The van der Waals surface area contributed by atoms with Crippen molar-refractivity contribution in [2.24, 2.45) is 5.73 Å². The van der Waals surface area contributed by atoms with E-state index in [-0.39, 0.29) is 18.8 Å². The number of hydrogen-bond acceptors (Lipinski definition) is 3. The van der Waals surface area contributed by atoms with E-state index in [0.717, 1.165) is 0 Å².